The first-order valence-corrected chi connectivity index (χ1v) is 46.3. The number of aromatic nitrogens is 3. The summed E-state index contributed by atoms with van der Waals surface area (Å²) in [5.41, 5.74) is 12.5. The molecule has 4 fully saturated rings. The van der Waals surface area contributed by atoms with Gasteiger partial charge in [-0.3, -0.25) is 77.4 Å². The van der Waals surface area contributed by atoms with Gasteiger partial charge in [0.1, 0.15) is 72.7 Å². The first-order valence-electron chi connectivity index (χ1n) is 46.3. The van der Waals surface area contributed by atoms with Crippen LogP contribution in [0.2, 0.25) is 0 Å². The number of esters is 3. The van der Waals surface area contributed by atoms with Crippen molar-refractivity contribution in [3.63, 3.8) is 0 Å². The number of cyclic esters (lactones) is 3. The predicted molar refractivity (Wildman–Crippen MR) is 499 cm³/mol. The molecule has 7 aliphatic rings. The lowest BCUT2D eigenvalue weighted by atomic mass is 9.77. The Hall–Kier alpha value is -11.9. The highest BCUT2D eigenvalue weighted by atomic mass is 16.6. The van der Waals surface area contributed by atoms with E-state index in [1.165, 1.54) is 15.0 Å². The van der Waals surface area contributed by atoms with E-state index in [4.69, 9.17) is 33.9 Å². The van der Waals surface area contributed by atoms with Gasteiger partial charge in [0, 0.05) is 62.6 Å². The van der Waals surface area contributed by atoms with Crippen molar-refractivity contribution in [2.24, 2.45) is 39.9 Å². The number of likely N-dealkylation sites (tertiary alicyclic amines) is 1. The summed E-state index contributed by atoms with van der Waals surface area (Å²) in [6.45, 7) is 33.1. The number of pyridine rings is 3. The standard InChI is InChI=1S/C35H46N6O6.C32H43N5O6.C32H43N5O5/c1-21(2)30-31(43)37-28(20-29(42)40-16-6-7-17-40)32(44)41-18-8-9-26(39-41)33(45)47-22(3)25-13-12-24-11-10-23(19-27(24)36-25)14-15-35(4,5)34(46)38-30;1-19(2)27-28(38)33-20(3)29(39)37-16-7-8-25(36-37)30(40)43-21(4)24-12-11-23-10-9-22(18-26(23)34-24)13-14-32(5,15-17-42-6)31(41)35-27;1-18(2)27-28(38)33-20(5)29(39)37-16-8-9-25(36-37)30(40)42-21(6)24-13-12-23-11-10-22(17-26(23)34-24)14-15-32(7,19(3)4)31(41)35-27/h10-15,19,21-22,26,28,30,39H,6-9,16-18,20H2,1-5H3,(H,37,43)(H,38,46);9-14,18-21,25,27,36H,7-8,15-17H2,1-6H3,(H,33,38)(H,35,41);10-15,17-21,25,27,36H,8-9,16H2,1-7H3,(H,33,38)(H,35,41)/b15-14+;14-13+;15-14+/t22-,26?,28+,30+;2*20-,21+,25-,27-,32?/m100/s1. The van der Waals surface area contributed by atoms with Crippen molar-refractivity contribution in [2.45, 2.75) is 255 Å². The monoisotopic (exact) mass is 1820 g/mol. The Morgan fingerprint density at radius 3 is 1.17 bits per heavy atom. The Balaban J connectivity index is 0.000000191. The van der Waals surface area contributed by atoms with Crippen LogP contribution in [0.25, 0.3) is 50.9 Å². The zero-order valence-electron chi connectivity index (χ0n) is 79.2. The number of hydrazine groups is 3. The summed E-state index contributed by atoms with van der Waals surface area (Å²) in [4.78, 5) is 191. The number of benzene rings is 3. The van der Waals surface area contributed by atoms with Crippen molar-refractivity contribution < 1.29 is 81.3 Å². The van der Waals surface area contributed by atoms with Gasteiger partial charge in [0.15, 0.2) is 0 Å². The third kappa shape index (κ3) is 25.1. The molecule has 7 aliphatic heterocycles. The van der Waals surface area contributed by atoms with E-state index in [1.54, 1.807) is 87.3 Å². The molecule has 3 aromatic heterocycles. The number of rotatable bonds is 9. The fraction of sp³-hybridized carbons (Fsp3) is 0.535. The van der Waals surface area contributed by atoms with Crippen LogP contribution in [-0.2, 0) is 81.3 Å². The molecule has 710 valence electrons. The van der Waals surface area contributed by atoms with Gasteiger partial charge in [0.2, 0.25) is 41.4 Å². The predicted octanol–water partition coefficient (Wildman–Crippen LogP) is 9.74. The minimum absolute atomic E-state index is 0.0782. The quantitative estimate of drug-likeness (QED) is 0.0480. The smallest absolute Gasteiger partial charge is 0.325 e. The molecule has 10 amide bonds. The Morgan fingerprint density at radius 1 is 0.432 bits per heavy atom. The molecule has 14 atom stereocenters. The maximum absolute atomic E-state index is 14.0. The second-order valence-corrected chi connectivity index (χ2v) is 38.0. The van der Waals surface area contributed by atoms with Gasteiger partial charge >= 0.3 is 17.9 Å². The number of ether oxygens (including phenoxy) is 4. The zero-order chi connectivity index (χ0) is 96.0. The van der Waals surface area contributed by atoms with E-state index in [-0.39, 0.29) is 66.2 Å². The van der Waals surface area contributed by atoms with Crippen molar-refractivity contribution in [1.82, 2.24) is 83.1 Å². The van der Waals surface area contributed by atoms with E-state index in [0.29, 0.717) is 100 Å². The van der Waals surface area contributed by atoms with E-state index in [0.717, 1.165) is 56.7 Å². The lowest BCUT2D eigenvalue weighted by Crippen LogP contribution is -2.62. The largest absolute Gasteiger partial charge is 0.455 e. The second-order valence-electron chi connectivity index (χ2n) is 38.0. The molecule has 132 heavy (non-hydrogen) atoms. The van der Waals surface area contributed by atoms with Gasteiger partial charge in [-0.15, -0.1) is 0 Å². The van der Waals surface area contributed by atoms with E-state index in [1.807, 2.05) is 170 Å². The summed E-state index contributed by atoms with van der Waals surface area (Å²) in [5.74, 6) is -6.36. The molecular formula is C99H132N16O17. The fourth-order valence-corrected chi connectivity index (χ4v) is 16.4. The molecule has 4 saturated heterocycles. The Kier molecular flexibility index (Phi) is 33.6. The summed E-state index contributed by atoms with van der Waals surface area (Å²) in [6, 6.07) is 20.8. The number of fused-ring (bicyclic) bond motifs is 12. The van der Waals surface area contributed by atoms with Crippen LogP contribution in [0.15, 0.2) is 109 Å². The molecule has 33 nitrogen and oxygen atoms in total. The van der Waals surface area contributed by atoms with Gasteiger partial charge in [0.05, 0.1) is 56.3 Å². The molecule has 6 aromatic rings. The molecular weight excluding hydrogens is 1690 g/mol. The summed E-state index contributed by atoms with van der Waals surface area (Å²) >= 11 is 0. The van der Waals surface area contributed by atoms with Crippen LogP contribution >= 0.6 is 0 Å². The van der Waals surface area contributed by atoms with Gasteiger partial charge < -0.3 is 55.7 Å². The second kappa shape index (κ2) is 44.1. The highest BCUT2D eigenvalue weighted by Crippen LogP contribution is 2.35. The molecule has 13 rings (SSSR count). The van der Waals surface area contributed by atoms with Crippen molar-refractivity contribution in [3.8, 4) is 0 Å². The van der Waals surface area contributed by atoms with Gasteiger partial charge in [-0.25, -0.2) is 31.2 Å². The molecule has 33 heteroatoms. The van der Waals surface area contributed by atoms with E-state index < -0.39 is 136 Å². The number of hydrogen-bond donors (Lipinski definition) is 9. The Morgan fingerprint density at radius 2 is 0.788 bits per heavy atom. The molecule has 0 aliphatic carbocycles. The van der Waals surface area contributed by atoms with Gasteiger partial charge in [0.25, 0.3) is 17.7 Å². The number of amides is 10. The molecule has 3 aromatic carbocycles. The molecule has 0 spiro atoms. The van der Waals surface area contributed by atoms with Crippen LogP contribution in [-0.4, -0.2) is 213 Å². The molecule has 0 saturated carbocycles. The minimum Gasteiger partial charge on any atom is -0.455 e. The number of methoxy groups -OCH3 is 1. The molecule has 0 radical (unpaired) electrons. The third-order valence-electron chi connectivity index (χ3n) is 25.7. The number of nitrogens with zero attached hydrogens (tertiary/aromatic N) is 7. The highest BCUT2D eigenvalue weighted by Gasteiger charge is 2.44. The molecule has 15 bridgehead atoms. The van der Waals surface area contributed by atoms with Crippen molar-refractivity contribution >= 4 is 128 Å². The molecule has 10 heterocycles. The summed E-state index contributed by atoms with van der Waals surface area (Å²) < 4.78 is 22.7. The normalized spacial score (nSPS) is 27.9. The number of nitrogens with one attached hydrogen (secondary N) is 9. The van der Waals surface area contributed by atoms with Crippen LogP contribution in [0.3, 0.4) is 0 Å². The van der Waals surface area contributed by atoms with E-state index in [9.17, 15) is 62.3 Å². The van der Waals surface area contributed by atoms with Crippen LogP contribution in [0, 0.1) is 39.9 Å². The van der Waals surface area contributed by atoms with Crippen molar-refractivity contribution in [1.29, 1.82) is 0 Å². The van der Waals surface area contributed by atoms with Crippen LogP contribution in [0.4, 0.5) is 0 Å². The highest BCUT2D eigenvalue weighted by molar-refractivity contribution is 5.99. The average Bonchev–Trinajstić information content (AvgIpc) is 1.28. The molecule has 9 N–H and O–H groups in total. The first kappa shape index (κ1) is 101. The number of carbonyl (C=O) groups is 13. The topological polar surface area (TPSA) is 419 Å². The summed E-state index contributed by atoms with van der Waals surface area (Å²) in [6.07, 6.45) is 14.2. The van der Waals surface area contributed by atoms with Gasteiger partial charge in [-0.1, -0.05) is 146 Å². The maximum atomic E-state index is 14.0. The van der Waals surface area contributed by atoms with Crippen LogP contribution in [0.1, 0.15) is 234 Å². The van der Waals surface area contributed by atoms with Crippen LogP contribution in [0.5, 0.6) is 0 Å². The van der Waals surface area contributed by atoms with Gasteiger partial charge in [-0.2, -0.15) is 0 Å². The fourth-order valence-electron chi connectivity index (χ4n) is 16.4. The summed E-state index contributed by atoms with van der Waals surface area (Å²) in [7, 11) is 1.58. The lowest BCUT2D eigenvalue weighted by Gasteiger charge is -2.36. The van der Waals surface area contributed by atoms with Crippen molar-refractivity contribution in [3.05, 3.63) is 143 Å². The van der Waals surface area contributed by atoms with Crippen molar-refractivity contribution in [2.75, 3.05) is 46.4 Å². The number of carbonyl (C=O) groups excluding carboxylic acids is 13. The van der Waals surface area contributed by atoms with Gasteiger partial charge in [-0.05, 0) is 197 Å². The Labute approximate surface area is 772 Å². The van der Waals surface area contributed by atoms with E-state index in [2.05, 4.69) is 48.2 Å². The lowest BCUT2D eigenvalue weighted by molar-refractivity contribution is -0.158. The number of hydrogen-bond acceptors (Lipinski definition) is 23. The SMILES string of the molecule is CC(C)[C@@H]1NC(=O)C(C)(C(C)C)/C=C/c2ccc3ccc(nc3c2)[C@@H](C)OC(=O)[C@@H]2CCCN(N2)C(=O)[C@H](C)NC1=O.CC(C)[C@@H]1NC(=O)C(C)(C)/C=C/c2ccc3ccc(nc3c2)[C@@H](C)OC(=O)C2CCCN(N2)C(=O)[C@H](CC(=O)N2CCCC2)NC1=O.COCCC1(C)/C=C/c2ccc3ccc(nc3c2)[C@@H](C)OC(=O)[C@@H]2CCCN(N2)C(=O)[C@H](C)NC(=O)[C@H](C(C)C)NC1=O. The Bertz CT molecular complexity index is 5380. The average molecular weight is 1820 g/mol. The van der Waals surface area contributed by atoms with E-state index >= 15 is 0 Å². The first-order chi connectivity index (χ1) is 62.5. The zero-order valence-corrected chi connectivity index (χ0v) is 79.2. The molecule has 3 unspecified atom stereocenters. The third-order valence-corrected chi connectivity index (χ3v) is 25.7. The minimum atomic E-state index is -1.21. The van der Waals surface area contributed by atoms with Crippen LogP contribution < -0.4 is 48.2 Å². The maximum Gasteiger partial charge on any atom is 0.325 e. The summed E-state index contributed by atoms with van der Waals surface area (Å²) in [5, 5.41) is 23.9.